The zero-order chi connectivity index (χ0) is 12.3. The van der Waals surface area contributed by atoms with Crippen molar-refractivity contribution < 1.29 is 23.1 Å². The van der Waals surface area contributed by atoms with Crippen LogP contribution < -0.4 is 0 Å². The van der Waals surface area contributed by atoms with Gasteiger partial charge >= 0.3 is 12.1 Å². The van der Waals surface area contributed by atoms with Gasteiger partial charge in [-0.25, -0.2) is 0 Å². The fraction of sp³-hybridized carbons (Fsp3) is 0.300. The van der Waals surface area contributed by atoms with Gasteiger partial charge in [0, 0.05) is 0 Å². The molecule has 1 aromatic rings. The Morgan fingerprint density at radius 2 is 2.06 bits per heavy atom. The minimum atomic E-state index is -4.40. The molecule has 0 aliphatic rings. The first-order chi connectivity index (χ1) is 7.30. The molecule has 6 heteroatoms. The summed E-state index contributed by atoms with van der Waals surface area (Å²) in [5.41, 5.74) is -0.436. The van der Waals surface area contributed by atoms with E-state index < -0.39 is 22.5 Å². The lowest BCUT2D eigenvalue weighted by molar-refractivity contribution is -0.137. The lowest BCUT2D eigenvalue weighted by Crippen LogP contribution is -2.16. The third kappa shape index (κ3) is 3.52. The summed E-state index contributed by atoms with van der Waals surface area (Å²) in [5, 5.41) is 8.60. The smallest absolute Gasteiger partial charge is 0.416 e. The Kier molecular flexibility index (Phi) is 3.96. The minimum Gasteiger partial charge on any atom is -0.480 e. The van der Waals surface area contributed by atoms with Gasteiger partial charge in [0.25, 0.3) is 0 Å². The molecular formula is C10H8BrF3O2. The van der Waals surface area contributed by atoms with Crippen molar-refractivity contribution >= 4 is 21.9 Å². The van der Waals surface area contributed by atoms with E-state index in [-0.39, 0.29) is 6.42 Å². The van der Waals surface area contributed by atoms with Gasteiger partial charge in [0.1, 0.15) is 4.83 Å². The van der Waals surface area contributed by atoms with Crippen molar-refractivity contribution in [1.29, 1.82) is 0 Å². The van der Waals surface area contributed by atoms with Crippen LogP contribution in [0, 0.1) is 0 Å². The quantitative estimate of drug-likeness (QED) is 0.870. The van der Waals surface area contributed by atoms with Crippen LogP contribution in [0.25, 0.3) is 0 Å². The van der Waals surface area contributed by atoms with Crippen molar-refractivity contribution in [1.82, 2.24) is 0 Å². The second-order valence-electron chi connectivity index (χ2n) is 3.21. The molecule has 0 aliphatic heterocycles. The fourth-order valence-corrected chi connectivity index (χ4v) is 1.54. The summed E-state index contributed by atoms with van der Waals surface area (Å²) >= 11 is 2.87. The highest BCUT2D eigenvalue weighted by Crippen LogP contribution is 2.29. The SMILES string of the molecule is O=C(O)[C@@H](Br)Cc1cccc(C(F)(F)F)c1. The molecule has 0 aliphatic carbocycles. The Bertz CT molecular complexity index is 390. The van der Waals surface area contributed by atoms with Gasteiger partial charge in [-0.2, -0.15) is 13.2 Å². The third-order valence-electron chi connectivity index (χ3n) is 1.94. The molecule has 0 heterocycles. The molecule has 2 nitrogen and oxygen atoms in total. The van der Waals surface area contributed by atoms with Gasteiger partial charge in [-0.15, -0.1) is 0 Å². The van der Waals surface area contributed by atoms with E-state index in [0.29, 0.717) is 5.56 Å². The lowest BCUT2D eigenvalue weighted by atomic mass is 10.1. The zero-order valence-electron chi connectivity index (χ0n) is 7.96. The predicted molar refractivity (Wildman–Crippen MR) is 55.5 cm³/mol. The normalized spacial score (nSPS) is 13.5. The molecule has 88 valence electrons. The van der Waals surface area contributed by atoms with Crippen LogP contribution in [-0.4, -0.2) is 15.9 Å². The van der Waals surface area contributed by atoms with Gasteiger partial charge in [-0.3, -0.25) is 4.79 Å². The maximum atomic E-state index is 12.3. The van der Waals surface area contributed by atoms with E-state index in [1.54, 1.807) is 0 Å². The van der Waals surface area contributed by atoms with Gasteiger partial charge in [-0.05, 0) is 18.1 Å². The van der Waals surface area contributed by atoms with Crippen molar-refractivity contribution in [3.05, 3.63) is 35.4 Å². The predicted octanol–water partition coefficient (Wildman–Crippen LogP) is 3.10. The van der Waals surface area contributed by atoms with E-state index >= 15 is 0 Å². The van der Waals surface area contributed by atoms with Crippen LogP contribution in [0.2, 0.25) is 0 Å². The first-order valence-electron chi connectivity index (χ1n) is 4.33. The number of hydrogen-bond acceptors (Lipinski definition) is 1. The Hall–Kier alpha value is -1.04. The standard InChI is InChI=1S/C10H8BrF3O2/c11-8(9(15)16)5-6-2-1-3-7(4-6)10(12,13)14/h1-4,8H,5H2,(H,15,16)/t8-/m0/s1. The molecule has 0 aromatic heterocycles. The molecule has 1 aromatic carbocycles. The zero-order valence-corrected chi connectivity index (χ0v) is 9.55. The van der Waals surface area contributed by atoms with Crippen LogP contribution in [0.5, 0.6) is 0 Å². The molecule has 0 saturated carbocycles. The summed E-state index contributed by atoms with van der Waals surface area (Å²) in [6.45, 7) is 0. The third-order valence-corrected chi connectivity index (χ3v) is 2.65. The van der Waals surface area contributed by atoms with Gasteiger partial charge < -0.3 is 5.11 Å². The molecule has 0 saturated heterocycles. The molecule has 0 spiro atoms. The molecule has 1 atom stereocenters. The fourth-order valence-electron chi connectivity index (χ4n) is 1.17. The van der Waals surface area contributed by atoms with E-state index in [2.05, 4.69) is 15.9 Å². The second-order valence-corrected chi connectivity index (χ2v) is 4.31. The largest absolute Gasteiger partial charge is 0.480 e. The second kappa shape index (κ2) is 4.86. The highest BCUT2D eigenvalue weighted by Gasteiger charge is 2.30. The van der Waals surface area contributed by atoms with Crippen LogP contribution in [-0.2, 0) is 17.4 Å². The summed E-state index contributed by atoms with van der Waals surface area (Å²) < 4.78 is 37.0. The van der Waals surface area contributed by atoms with Gasteiger partial charge in [0.05, 0.1) is 5.56 Å². The Morgan fingerprint density at radius 3 is 2.56 bits per heavy atom. The first-order valence-corrected chi connectivity index (χ1v) is 5.25. The molecule has 0 radical (unpaired) electrons. The van der Waals surface area contributed by atoms with E-state index in [1.165, 1.54) is 12.1 Å². The maximum absolute atomic E-state index is 12.3. The number of carboxylic acid groups (broad SMARTS) is 1. The molecule has 0 fully saturated rings. The number of hydrogen-bond donors (Lipinski definition) is 1. The van der Waals surface area contributed by atoms with E-state index in [9.17, 15) is 18.0 Å². The van der Waals surface area contributed by atoms with E-state index in [1.807, 2.05) is 0 Å². The molecular weight excluding hydrogens is 289 g/mol. The first kappa shape index (κ1) is 13.0. The van der Waals surface area contributed by atoms with Crippen molar-refractivity contribution in [2.24, 2.45) is 0 Å². The van der Waals surface area contributed by atoms with Gasteiger partial charge in [0.15, 0.2) is 0 Å². The van der Waals surface area contributed by atoms with Crippen LogP contribution in [0.1, 0.15) is 11.1 Å². The van der Waals surface area contributed by atoms with Crippen LogP contribution in [0.3, 0.4) is 0 Å². The summed E-state index contributed by atoms with van der Waals surface area (Å²) in [6, 6.07) is 4.64. The Morgan fingerprint density at radius 1 is 1.44 bits per heavy atom. The Balaban J connectivity index is 2.87. The topological polar surface area (TPSA) is 37.3 Å². The number of halogens is 4. The van der Waals surface area contributed by atoms with Gasteiger partial charge in [0.2, 0.25) is 0 Å². The number of alkyl halides is 4. The van der Waals surface area contributed by atoms with E-state index in [0.717, 1.165) is 12.1 Å². The van der Waals surface area contributed by atoms with Crippen LogP contribution in [0.15, 0.2) is 24.3 Å². The number of benzene rings is 1. The lowest BCUT2D eigenvalue weighted by Gasteiger charge is -2.09. The van der Waals surface area contributed by atoms with Crippen molar-refractivity contribution in [2.45, 2.75) is 17.4 Å². The summed E-state index contributed by atoms with van der Waals surface area (Å²) in [6.07, 6.45) is -4.39. The number of carbonyl (C=O) groups is 1. The number of aliphatic carboxylic acids is 1. The minimum absolute atomic E-state index is 0.0131. The molecule has 0 amide bonds. The van der Waals surface area contributed by atoms with Crippen molar-refractivity contribution in [3.63, 3.8) is 0 Å². The highest BCUT2D eigenvalue weighted by atomic mass is 79.9. The summed E-state index contributed by atoms with van der Waals surface area (Å²) in [4.78, 5) is 9.64. The Labute approximate surface area is 98.2 Å². The highest BCUT2D eigenvalue weighted by molar-refractivity contribution is 9.10. The van der Waals surface area contributed by atoms with Crippen LogP contribution in [0.4, 0.5) is 13.2 Å². The molecule has 0 unspecified atom stereocenters. The van der Waals surface area contributed by atoms with Crippen molar-refractivity contribution in [2.75, 3.05) is 0 Å². The molecule has 0 bridgehead atoms. The number of carboxylic acids is 1. The van der Waals surface area contributed by atoms with E-state index in [4.69, 9.17) is 5.11 Å². The number of rotatable bonds is 3. The average Bonchev–Trinajstić information content (AvgIpc) is 2.16. The molecule has 16 heavy (non-hydrogen) atoms. The molecule has 1 N–H and O–H groups in total. The maximum Gasteiger partial charge on any atom is 0.416 e. The molecule has 1 rings (SSSR count). The summed E-state index contributed by atoms with van der Waals surface area (Å²) in [7, 11) is 0. The summed E-state index contributed by atoms with van der Waals surface area (Å²) in [5.74, 6) is -1.10. The van der Waals surface area contributed by atoms with Crippen molar-refractivity contribution in [3.8, 4) is 0 Å². The monoisotopic (exact) mass is 296 g/mol. The van der Waals surface area contributed by atoms with Crippen LogP contribution >= 0.6 is 15.9 Å². The average molecular weight is 297 g/mol. The van der Waals surface area contributed by atoms with Gasteiger partial charge in [-0.1, -0.05) is 34.1 Å².